The lowest BCUT2D eigenvalue weighted by molar-refractivity contribution is -0.149. The molecule has 2 fully saturated rings. The Morgan fingerprint density at radius 3 is 2.76 bits per heavy atom. The molecule has 110 valence electrons. The fourth-order valence-corrected chi connectivity index (χ4v) is 3.04. The minimum absolute atomic E-state index is 0.107. The van der Waals surface area contributed by atoms with Crippen LogP contribution < -0.4 is 0 Å². The third-order valence-electron chi connectivity index (χ3n) is 4.33. The van der Waals surface area contributed by atoms with Crippen LogP contribution in [-0.2, 0) is 14.3 Å². The van der Waals surface area contributed by atoms with Gasteiger partial charge in [0.15, 0.2) is 0 Å². The molecule has 1 aromatic carbocycles. The van der Waals surface area contributed by atoms with Gasteiger partial charge in [0.2, 0.25) is 5.91 Å². The number of hydrogen-bond donors (Lipinski definition) is 1. The summed E-state index contributed by atoms with van der Waals surface area (Å²) in [5.41, 5.74) is 0.0255. The molecular formula is C16H17NO4. The average Bonchev–Trinajstić information content (AvgIpc) is 3.03. The molecule has 0 aliphatic carbocycles. The molecule has 1 aromatic rings. The van der Waals surface area contributed by atoms with Crippen LogP contribution in [0.5, 0.6) is 0 Å². The predicted molar refractivity (Wildman–Crippen MR) is 76.4 cm³/mol. The molecular weight excluding hydrogens is 270 g/mol. The van der Waals surface area contributed by atoms with Crippen LogP contribution in [0, 0.1) is 11.3 Å². The highest BCUT2D eigenvalue weighted by Crippen LogP contribution is 2.41. The van der Waals surface area contributed by atoms with E-state index in [2.05, 4.69) is 0 Å². The third kappa shape index (κ3) is 2.45. The monoisotopic (exact) mass is 287 g/mol. The molecule has 0 unspecified atom stereocenters. The van der Waals surface area contributed by atoms with Gasteiger partial charge in [-0.2, -0.15) is 0 Å². The van der Waals surface area contributed by atoms with Gasteiger partial charge in [0, 0.05) is 25.1 Å². The zero-order valence-electron chi connectivity index (χ0n) is 11.6. The summed E-state index contributed by atoms with van der Waals surface area (Å²) in [7, 11) is 0. The Balaban J connectivity index is 1.70. The second-order valence-electron chi connectivity index (χ2n) is 5.64. The summed E-state index contributed by atoms with van der Waals surface area (Å²) in [5, 5.41) is 9.45. The smallest absolute Gasteiger partial charge is 0.314 e. The maximum absolute atomic E-state index is 12.2. The van der Waals surface area contributed by atoms with Crippen LogP contribution in [0.4, 0.5) is 0 Å². The molecule has 0 spiro atoms. The number of hydrogen-bond acceptors (Lipinski definition) is 3. The molecule has 2 atom stereocenters. The Morgan fingerprint density at radius 2 is 2.10 bits per heavy atom. The molecule has 2 aliphatic heterocycles. The highest BCUT2D eigenvalue weighted by atomic mass is 16.5. The van der Waals surface area contributed by atoms with Gasteiger partial charge in [-0.15, -0.1) is 0 Å². The van der Waals surface area contributed by atoms with Crippen molar-refractivity contribution in [2.45, 2.75) is 0 Å². The summed E-state index contributed by atoms with van der Waals surface area (Å²) in [6.45, 7) is 1.28. The number of carbonyl (C=O) groups is 2. The summed E-state index contributed by atoms with van der Waals surface area (Å²) in [6, 6.07) is 9.55. The van der Waals surface area contributed by atoms with Gasteiger partial charge >= 0.3 is 5.97 Å². The van der Waals surface area contributed by atoms with Crippen molar-refractivity contribution in [3.05, 3.63) is 42.0 Å². The fraction of sp³-hybridized carbons (Fsp3) is 0.375. The quantitative estimate of drug-likeness (QED) is 0.850. The maximum Gasteiger partial charge on any atom is 0.314 e. The molecule has 1 N–H and O–H groups in total. The molecule has 3 rings (SSSR count). The fourth-order valence-electron chi connectivity index (χ4n) is 3.04. The van der Waals surface area contributed by atoms with Crippen molar-refractivity contribution in [3.63, 3.8) is 0 Å². The van der Waals surface area contributed by atoms with Gasteiger partial charge in [-0.25, -0.2) is 0 Å². The van der Waals surface area contributed by atoms with E-state index < -0.39 is 11.4 Å². The summed E-state index contributed by atoms with van der Waals surface area (Å²) in [4.78, 5) is 25.3. The number of carbonyl (C=O) groups excluding carboxylic acids is 1. The Bertz CT molecular complexity index is 583. The summed E-state index contributed by atoms with van der Waals surface area (Å²) < 4.78 is 5.30. The van der Waals surface area contributed by atoms with Crippen molar-refractivity contribution in [3.8, 4) is 0 Å². The largest absolute Gasteiger partial charge is 0.481 e. The van der Waals surface area contributed by atoms with Crippen molar-refractivity contribution < 1.29 is 19.4 Å². The molecule has 0 saturated carbocycles. The lowest BCUT2D eigenvalue weighted by Crippen LogP contribution is -2.39. The SMILES string of the molecule is O=C(C=Cc1ccccc1)N1C[C@@H]2COC[C@]2(C(=O)O)C1. The van der Waals surface area contributed by atoms with Gasteiger partial charge in [0.25, 0.3) is 0 Å². The number of rotatable bonds is 3. The van der Waals surface area contributed by atoms with Crippen LogP contribution in [0.1, 0.15) is 5.56 Å². The van der Waals surface area contributed by atoms with E-state index in [0.29, 0.717) is 13.2 Å². The second kappa shape index (κ2) is 5.33. The van der Waals surface area contributed by atoms with E-state index in [9.17, 15) is 14.7 Å². The van der Waals surface area contributed by atoms with E-state index in [-0.39, 0.29) is 25.0 Å². The van der Waals surface area contributed by atoms with Crippen LogP contribution in [-0.4, -0.2) is 48.2 Å². The second-order valence-corrected chi connectivity index (χ2v) is 5.64. The summed E-state index contributed by atoms with van der Waals surface area (Å²) in [6.07, 6.45) is 3.26. The van der Waals surface area contributed by atoms with E-state index >= 15 is 0 Å². The number of amides is 1. The maximum atomic E-state index is 12.2. The van der Waals surface area contributed by atoms with Crippen molar-refractivity contribution in [2.24, 2.45) is 11.3 Å². The third-order valence-corrected chi connectivity index (χ3v) is 4.33. The molecule has 0 bridgehead atoms. The Hall–Kier alpha value is -2.14. The van der Waals surface area contributed by atoms with Gasteiger partial charge < -0.3 is 14.7 Å². The molecule has 5 nitrogen and oxygen atoms in total. The number of ether oxygens (including phenoxy) is 1. The van der Waals surface area contributed by atoms with Gasteiger partial charge in [0.1, 0.15) is 5.41 Å². The first-order chi connectivity index (χ1) is 10.1. The predicted octanol–water partition coefficient (Wildman–Crippen LogP) is 1.26. The molecule has 21 heavy (non-hydrogen) atoms. The lowest BCUT2D eigenvalue weighted by Gasteiger charge is -2.21. The number of fused-ring (bicyclic) bond motifs is 1. The number of carboxylic acids is 1. The number of aliphatic carboxylic acids is 1. The minimum atomic E-state index is -0.920. The van der Waals surface area contributed by atoms with E-state index in [1.54, 1.807) is 11.0 Å². The van der Waals surface area contributed by atoms with Crippen LogP contribution in [0.3, 0.4) is 0 Å². The van der Waals surface area contributed by atoms with Gasteiger partial charge in [-0.1, -0.05) is 30.3 Å². The summed E-state index contributed by atoms with van der Waals surface area (Å²) >= 11 is 0. The van der Waals surface area contributed by atoms with E-state index in [1.165, 1.54) is 6.08 Å². The Labute approximate surface area is 122 Å². The molecule has 5 heteroatoms. The lowest BCUT2D eigenvalue weighted by atomic mass is 9.81. The summed E-state index contributed by atoms with van der Waals surface area (Å²) in [5.74, 6) is -1.12. The van der Waals surface area contributed by atoms with Gasteiger partial charge in [-0.3, -0.25) is 9.59 Å². The van der Waals surface area contributed by atoms with Crippen molar-refractivity contribution >= 4 is 18.0 Å². The molecule has 2 saturated heterocycles. The number of carboxylic acid groups (broad SMARTS) is 1. The number of benzene rings is 1. The zero-order valence-corrected chi connectivity index (χ0v) is 11.6. The minimum Gasteiger partial charge on any atom is -0.481 e. The van der Waals surface area contributed by atoms with Crippen LogP contribution in [0.15, 0.2) is 36.4 Å². The molecule has 0 aromatic heterocycles. The van der Waals surface area contributed by atoms with Gasteiger partial charge in [0.05, 0.1) is 13.2 Å². The van der Waals surface area contributed by atoms with Crippen molar-refractivity contribution in [1.82, 2.24) is 4.90 Å². The first-order valence-corrected chi connectivity index (χ1v) is 6.95. The zero-order chi connectivity index (χ0) is 14.9. The molecule has 2 aliphatic rings. The number of nitrogens with zero attached hydrogens (tertiary/aromatic N) is 1. The average molecular weight is 287 g/mol. The van der Waals surface area contributed by atoms with Gasteiger partial charge in [-0.05, 0) is 11.6 Å². The number of likely N-dealkylation sites (tertiary alicyclic amines) is 1. The van der Waals surface area contributed by atoms with Crippen LogP contribution in [0.25, 0.3) is 6.08 Å². The molecule has 2 heterocycles. The highest BCUT2D eigenvalue weighted by Gasteiger charge is 2.56. The first-order valence-electron chi connectivity index (χ1n) is 6.95. The van der Waals surface area contributed by atoms with E-state index in [4.69, 9.17) is 4.74 Å². The van der Waals surface area contributed by atoms with Crippen molar-refractivity contribution in [1.29, 1.82) is 0 Å². The molecule has 1 amide bonds. The van der Waals surface area contributed by atoms with Crippen LogP contribution in [0.2, 0.25) is 0 Å². The van der Waals surface area contributed by atoms with E-state index in [0.717, 1.165) is 5.56 Å². The Kier molecular flexibility index (Phi) is 3.51. The normalized spacial score (nSPS) is 28.0. The highest BCUT2D eigenvalue weighted by molar-refractivity contribution is 5.93. The Morgan fingerprint density at radius 1 is 1.33 bits per heavy atom. The van der Waals surface area contributed by atoms with E-state index in [1.807, 2.05) is 30.3 Å². The van der Waals surface area contributed by atoms with Crippen molar-refractivity contribution in [2.75, 3.05) is 26.3 Å². The van der Waals surface area contributed by atoms with Crippen LogP contribution >= 0.6 is 0 Å². The topological polar surface area (TPSA) is 66.8 Å². The molecule has 0 radical (unpaired) electrons. The first kappa shape index (κ1) is 13.8. The standard InChI is InChI=1S/C16H17NO4/c18-14(7-6-12-4-2-1-3-5-12)17-8-13-9-21-11-16(13,10-17)15(19)20/h1-7,13H,8-11H2,(H,19,20)/t13-,16-/m1/s1.